The van der Waals surface area contributed by atoms with Gasteiger partial charge in [-0.2, -0.15) is 0 Å². The van der Waals surface area contributed by atoms with Crippen molar-refractivity contribution in [1.82, 2.24) is 20.4 Å². The van der Waals surface area contributed by atoms with Crippen LogP contribution in [-0.2, 0) is 0 Å². The van der Waals surface area contributed by atoms with Gasteiger partial charge >= 0.3 is 0 Å². The lowest BCUT2D eigenvalue weighted by atomic mass is 10.0. The van der Waals surface area contributed by atoms with E-state index in [0.29, 0.717) is 6.17 Å². The molecular formula is C15H26N4. The molecule has 0 saturated carbocycles. The third kappa shape index (κ3) is 3.38. The van der Waals surface area contributed by atoms with Crippen molar-refractivity contribution in [3.8, 4) is 0 Å². The van der Waals surface area contributed by atoms with Crippen LogP contribution in [0.2, 0.25) is 0 Å². The standard InChI is InChI=1S/C15H26N4/c1-2-7-17-15(4-1)19-11-3-10-18(12-13-19)14-5-8-16-9-6-14/h1-2,4,7,14-17H,3,5-6,8-13H2. The molecule has 0 aromatic carbocycles. The van der Waals surface area contributed by atoms with Gasteiger partial charge in [0.15, 0.2) is 0 Å². The van der Waals surface area contributed by atoms with Crippen LogP contribution < -0.4 is 10.6 Å². The van der Waals surface area contributed by atoms with Crippen LogP contribution in [0.25, 0.3) is 0 Å². The maximum atomic E-state index is 3.47. The number of hydrogen-bond donors (Lipinski definition) is 2. The van der Waals surface area contributed by atoms with Gasteiger partial charge in [0.2, 0.25) is 0 Å². The molecule has 0 aliphatic carbocycles. The van der Waals surface area contributed by atoms with E-state index in [2.05, 4.69) is 44.9 Å². The largest absolute Gasteiger partial charge is 0.372 e. The summed E-state index contributed by atoms with van der Waals surface area (Å²) in [6.07, 6.45) is 12.9. The molecule has 106 valence electrons. The summed E-state index contributed by atoms with van der Waals surface area (Å²) in [6, 6.07) is 0.816. The monoisotopic (exact) mass is 262 g/mol. The molecule has 0 bridgehead atoms. The van der Waals surface area contributed by atoms with Gasteiger partial charge in [0.1, 0.15) is 0 Å². The summed E-state index contributed by atoms with van der Waals surface area (Å²) in [5, 5.41) is 6.91. The minimum atomic E-state index is 0.401. The summed E-state index contributed by atoms with van der Waals surface area (Å²) in [7, 11) is 0. The molecule has 0 radical (unpaired) electrons. The Morgan fingerprint density at radius 1 is 0.895 bits per heavy atom. The zero-order valence-corrected chi connectivity index (χ0v) is 11.7. The first-order valence-corrected chi connectivity index (χ1v) is 7.72. The van der Waals surface area contributed by atoms with Crippen LogP contribution >= 0.6 is 0 Å². The first-order chi connectivity index (χ1) is 9.43. The maximum Gasteiger partial charge on any atom is 0.0985 e. The summed E-state index contributed by atoms with van der Waals surface area (Å²) >= 11 is 0. The van der Waals surface area contributed by atoms with Gasteiger partial charge in [-0.1, -0.05) is 6.08 Å². The van der Waals surface area contributed by atoms with E-state index in [1.807, 2.05) is 0 Å². The van der Waals surface area contributed by atoms with Gasteiger partial charge in [-0.05, 0) is 57.2 Å². The van der Waals surface area contributed by atoms with Crippen LogP contribution in [0.5, 0.6) is 0 Å². The fourth-order valence-corrected chi connectivity index (χ4v) is 3.43. The highest BCUT2D eigenvalue weighted by Crippen LogP contribution is 2.16. The lowest BCUT2D eigenvalue weighted by Crippen LogP contribution is -2.47. The molecule has 2 saturated heterocycles. The Morgan fingerprint density at radius 3 is 2.47 bits per heavy atom. The number of nitrogens with one attached hydrogen (secondary N) is 2. The van der Waals surface area contributed by atoms with E-state index in [4.69, 9.17) is 0 Å². The minimum absolute atomic E-state index is 0.401. The van der Waals surface area contributed by atoms with Crippen LogP contribution in [-0.4, -0.2) is 61.3 Å². The van der Waals surface area contributed by atoms with Gasteiger partial charge in [0.05, 0.1) is 6.17 Å². The molecule has 1 unspecified atom stereocenters. The Kier molecular flexibility index (Phi) is 4.53. The summed E-state index contributed by atoms with van der Waals surface area (Å²) < 4.78 is 0. The van der Waals surface area contributed by atoms with E-state index in [1.165, 1.54) is 58.5 Å². The fourth-order valence-electron chi connectivity index (χ4n) is 3.43. The lowest BCUT2D eigenvalue weighted by Gasteiger charge is -2.34. The summed E-state index contributed by atoms with van der Waals surface area (Å²) in [6.45, 7) is 7.27. The first kappa shape index (κ1) is 13.2. The van der Waals surface area contributed by atoms with Gasteiger partial charge in [-0.3, -0.25) is 9.80 Å². The summed E-state index contributed by atoms with van der Waals surface area (Å²) in [5.41, 5.74) is 0. The summed E-state index contributed by atoms with van der Waals surface area (Å²) in [5.74, 6) is 0. The second kappa shape index (κ2) is 6.55. The van der Waals surface area contributed by atoms with Crippen molar-refractivity contribution < 1.29 is 0 Å². The van der Waals surface area contributed by atoms with Crippen molar-refractivity contribution in [2.24, 2.45) is 0 Å². The zero-order valence-electron chi connectivity index (χ0n) is 11.7. The number of rotatable bonds is 2. The number of dihydropyridines is 1. The molecule has 4 heteroatoms. The molecule has 4 nitrogen and oxygen atoms in total. The van der Waals surface area contributed by atoms with Gasteiger partial charge in [0, 0.05) is 25.7 Å². The third-order valence-corrected chi connectivity index (χ3v) is 4.55. The van der Waals surface area contributed by atoms with Crippen molar-refractivity contribution in [2.75, 3.05) is 39.3 Å². The van der Waals surface area contributed by atoms with Crippen LogP contribution in [0.3, 0.4) is 0 Å². The average Bonchev–Trinajstić information content (AvgIpc) is 2.75. The molecule has 19 heavy (non-hydrogen) atoms. The molecule has 3 rings (SSSR count). The molecule has 3 heterocycles. The summed E-state index contributed by atoms with van der Waals surface area (Å²) in [4.78, 5) is 5.30. The topological polar surface area (TPSA) is 30.5 Å². The Hall–Kier alpha value is -0.840. The van der Waals surface area contributed by atoms with E-state index in [1.54, 1.807) is 0 Å². The van der Waals surface area contributed by atoms with Crippen molar-refractivity contribution in [1.29, 1.82) is 0 Å². The fraction of sp³-hybridized carbons (Fsp3) is 0.733. The Morgan fingerprint density at radius 2 is 1.68 bits per heavy atom. The normalized spacial score (nSPS) is 31.1. The highest BCUT2D eigenvalue weighted by molar-refractivity contribution is 5.11. The first-order valence-electron chi connectivity index (χ1n) is 7.72. The molecule has 3 aliphatic rings. The van der Waals surface area contributed by atoms with Gasteiger partial charge < -0.3 is 10.6 Å². The average molecular weight is 262 g/mol. The van der Waals surface area contributed by atoms with Crippen LogP contribution in [0.1, 0.15) is 19.3 Å². The number of nitrogens with zero attached hydrogens (tertiary/aromatic N) is 2. The van der Waals surface area contributed by atoms with Crippen molar-refractivity contribution >= 4 is 0 Å². The number of piperidine rings is 1. The maximum absolute atomic E-state index is 3.47. The second-order valence-electron chi connectivity index (χ2n) is 5.76. The molecule has 0 spiro atoms. The van der Waals surface area contributed by atoms with Crippen molar-refractivity contribution in [3.63, 3.8) is 0 Å². The van der Waals surface area contributed by atoms with Gasteiger partial charge in [-0.25, -0.2) is 0 Å². The molecule has 0 amide bonds. The third-order valence-electron chi connectivity index (χ3n) is 4.55. The van der Waals surface area contributed by atoms with Gasteiger partial charge in [-0.15, -0.1) is 0 Å². The predicted molar refractivity (Wildman–Crippen MR) is 78.9 cm³/mol. The van der Waals surface area contributed by atoms with Gasteiger partial charge in [0.25, 0.3) is 0 Å². The molecule has 0 aromatic heterocycles. The Labute approximate surface area is 116 Å². The van der Waals surface area contributed by atoms with Crippen LogP contribution in [0, 0.1) is 0 Å². The van der Waals surface area contributed by atoms with Crippen LogP contribution in [0.15, 0.2) is 24.4 Å². The predicted octanol–water partition coefficient (Wildman–Crippen LogP) is 0.745. The lowest BCUT2D eigenvalue weighted by molar-refractivity contribution is 0.158. The minimum Gasteiger partial charge on any atom is -0.372 e. The zero-order chi connectivity index (χ0) is 12.9. The van der Waals surface area contributed by atoms with E-state index in [0.717, 1.165) is 6.04 Å². The highest BCUT2D eigenvalue weighted by atomic mass is 15.3. The van der Waals surface area contributed by atoms with Crippen molar-refractivity contribution in [2.45, 2.75) is 31.5 Å². The highest BCUT2D eigenvalue weighted by Gasteiger charge is 2.25. The number of hydrogen-bond acceptors (Lipinski definition) is 4. The molecule has 1 atom stereocenters. The quantitative estimate of drug-likeness (QED) is 0.769. The molecule has 2 N–H and O–H groups in total. The molecule has 2 fully saturated rings. The van der Waals surface area contributed by atoms with E-state index < -0.39 is 0 Å². The second-order valence-corrected chi connectivity index (χ2v) is 5.76. The van der Waals surface area contributed by atoms with Crippen molar-refractivity contribution in [3.05, 3.63) is 24.4 Å². The van der Waals surface area contributed by atoms with E-state index in [9.17, 15) is 0 Å². The molecule has 3 aliphatic heterocycles. The SMILES string of the molecule is C1=CNC(N2CCCN(C3CCNCC3)CC2)C=C1. The molecular weight excluding hydrogens is 236 g/mol. The molecule has 0 aromatic rings. The smallest absolute Gasteiger partial charge is 0.0985 e. The number of allylic oxidation sites excluding steroid dienone is 2. The Balaban J connectivity index is 1.53. The van der Waals surface area contributed by atoms with E-state index >= 15 is 0 Å². The van der Waals surface area contributed by atoms with Crippen LogP contribution in [0.4, 0.5) is 0 Å². The van der Waals surface area contributed by atoms with E-state index in [-0.39, 0.29) is 0 Å². The Bertz CT molecular complexity index is 333.